The van der Waals surface area contributed by atoms with E-state index in [4.69, 9.17) is 12.2 Å². The molecule has 0 atom stereocenters. The van der Waals surface area contributed by atoms with Gasteiger partial charge < -0.3 is 10.3 Å². The van der Waals surface area contributed by atoms with Crippen LogP contribution in [0.4, 0.5) is 0 Å². The second kappa shape index (κ2) is 9.01. The van der Waals surface area contributed by atoms with E-state index in [1.54, 1.807) is 11.8 Å². The normalized spacial score (nSPS) is 7.62. The van der Waals surface area contributed by atoms with Crippen LogP contribution in [0.2, 0.25) is 0 Å². The Morgan fingerprint density at radius 2 is 2.25 bits per heavy atom. The molecular weight excluding hydrogens is 187 g/mol. The smallest absolute Gasteiger partial charge is 0.486 e. The molecule has 0 unspecified atom stereocenters. The van der Waals surface area contributed by atoms with Crippen LogP contribution in [-0.2, 0) is 21.5 Å². The Labute approximate surface area is 90.1 Å². The van der Waals surface area contributed by atoms with Gasteiger partial charge in [0.25, 0.3) is 0 Å². The third-order valence-corrected chi connectivity index (χ3v) is 3.33. The van der Waals surface area contributed by atoms with Gasteiger partial charge >= 0.3 is 29.6 Å². The van der Waals surface area contributed by atoms with E-state index in [0.717, 1.165) is 9.28 Å². The molecule has 0 N–H and O–H groups in total. The molecule has 0 aliphatic carbocycles. The standard InChI is InChI=1S/C3H5S4.Na/c1-2-6-3(4)7-5;/h2H2,1H3;/q-1;+1. The molecule has 0 bridgehead atoms. The Morgan fingerprint density at radius 3 is 2.38 bits per heavy atom. The van der Waals surface area contributed by atoms with Gasteiger partial charge in [0.05, 0.1) is 0 Å². The Bertz CT molecular complexity index is 81.4. The molecule has 0 amide bonds. The van der Waals surface area contributed by atoms with Crippen molar-refractivity contribution in [1.29, 1.82) is 0 Å². The van der Waals surface area contributed by atoms with Crippen LogP contribution in [-0.4, -0.2) is 9.28 Å². The van der Waals surface area contributed by atoms with Gasteiger partial charge in [-0.3, -0.25) is 11.2 Å². The predicted octanol–water partition coefficient (Wildman–Crippen LogP) is -1.43. The number of thioether (sulfide) groups is 1. The average molecular weight is 192 g/mol. The van der Waals surface area contributed by atoms with Crippen molar-refractivity contribution < 1.29 is 29.6 Å². The average Bonchev–Trinajstić information content (AvgIpc) is 1.68. The van der Waals surface area contributed by atoms with Crippen LogP contribution >= 0.6 is 24.0 Å². The molecule has 8 heavy (non-hydrogen) atoms. The van der Waals surface area contributed by atoms with Crippen LogP contribution in [0.15, 0.2) is 0 Å². The van der Waals surface area contributed by atoms with Crippen molar-refractivity contribution in [2.75, 3.05) is 5.75 Å². The first-order valence-corrected chi connectivity index (χ1v) is 4.91. The summed E-state index contributed by atoms with van der Waals surface area (Å²) >= 11 is 11.0. The predicted molar refractivity (Wildman–Crippen MR) is 45.5 cm³/mol. The number of rotatable bonds is 1. The first-order chi connectivity index (χ1) is 3.31. The number of hydrogen-bond donors (Lipinski definition) is 0. The van der Waals surface area contributed by atoms with Gasteiger partial charge in [0.2, 0.25) is 0 Å². The first-order valence-electron chi connectivity index (χ1n) is 1.77. The summed E-state index contributed by atoms with van der Waals surface area (Å²) in [5.74, 6) is 1.03. The van der Waals surface area contributed by atoms with E-state index >= 15 is 0 Å². The fourth-order valence-corrected chi connectivity index (χ4v) is 1.71. The summed E-state index contributed by atoms with van der Waals surface area (Å²) < 4.78 is 0.859. The second-order valence-corrected chi connectivity index (χ2v) is 4.30. The maximum atomic E-state index is 4.78. The topological polar surface area (TPSA) is 0 Å². The van der Waals surface area contributed by atoms with Gasteiger partial charge in [-0.05, 0) is 5.75 Å². The zero-order valence-corrected chi connectivity index (χ0v) is 10.1. The molecule has 0 saturated heterocycles. The summed E-state index contributed by atoms with van der Waals surface area (Å²) in [5, 5.41) is 0. The Kier molecular flexibility index (Phi) is 14.3. The van der Waals surface area contributed by atoms with Crippen LogP contribution in [0.5, 0.6) is 0 Å². The molecule has 0 aromatic rings. The SMILES string of the molecule is CCSC(=S)[S-]=S.[Na+]. The van der Waals surface area contributed by atoms with E-state index in [9.17, 15) is 0 Å². The van der Waals surface area contributed by atoms with Crippen LogP contribution in [0, 0.1) is 0 Å². The summed E-state index contributed by atoms with van der Waals surface area (Å²) in [6.07, 6.45) is 0. The van der Waals surface area contributed by atoms with Crippen molar-refractivity contribution in [3.05, 3.63) is 0 Å². The molecule has 0 rings (SSSR count). The summed E-state index contributed by atoms with van der Waals surface area (Å²) in [4.78, 5) is 0. The minimum Gasteiger partial charge on any atom is -0.486 e. The van der Waals surface area contributed by atoms with E-state index in [1.807, 2.05) is 0 Å². The quantitative estimate of drug-likeness (QED) is 0.284. The number of thiocarbonyl (C=S) groups is 1. The van der Waals surface area contributed by atoms with Crippen molar-refractivity contribution >= 4 is 49.0 Å². The molecule has 0 spiro atoms. The van der Waals surface area contributed by atoms with Gasteiger partial charge in [0.1, 0.15) is 0 Å². The molecule has 0 fully saturated rings. The van der Waals surface area contributed by atoms with Crippen LogP contribution in [0.25, 0.3) is 0 Å². The van der Waals surface area contributed by atoms with Crippen LogP contribution < -0.4 is 29.6 Å². The third-order valence-electron chi connectivity index (χ3n) is 0.330. The Hall–Kier alpha value is 2.01. The molecule has 0 aliphatic rings. The zero-order chi connectivity index (χ0) is 5.70. The molecule has 0 aliphatic heterocycles. The monoisotopic (exact) mass is 192 g/mol. The molecule has 0 nitrogen and oxygen atoms in total. The maximum absolute atomic E-state index is 4.78. The molecule has 0 heterocycles. The van der Waals surface area contributed by atoms with Gasteiger partial charge in [-0.2, -0.15) is 0 Å². The molecule has 42 valence electrons. The van der Waals surface area contributed by atoms with Gasteiger partial charge in [0, 0.05) is 0 Å². The fourth-order valence-electron chi connectivity index (χ4n) is 0.142. The summed E-state index contributed by atoms with van der Waals surface area (Å²) in [7, 11) is 1.23. The Balaban J connectivity index is 0. The zero-order valence-electron chi connectivity index (χ0n) is 4.84. The fraction of sp³-hybridized carbons (Fsp3) is 0.667. The Morgan fingerprint density at radius 1 is 1.75 bits per heavy atom. The van der Waals surface area contributed by atoms with E-state index in [0.29, 0.717) is 0 Å². The van der Waals surface area contributed by atoms with E-state index in [1.165, 1.54) is 10.3 Å². The van der Waals surface area contributed by atoms with Crippen LogP contribution in [0.3, 0.4) is 0 Å². The number of hydrogen-bond acceptors (Lipinski definition) is 4. The van der Waals surface area contributed by atoms with Crippen LogP contribution in [0.1, 0.15) is 6.92 Å². The van der Waals surface area contributed by atoms with Crippen molar-refractivity contribution in [2.24, 2.45) is 0 Å². The summed E-state index contributed by atoms with van der Waals surface area (Å²) in [6, 6.07) is 0. The van der Waals surface area contributed by atoms with Crippen molar-refractivity contribution in [3.8, 4) is 0 Å². The van der Waals surface area contributed by atoms with Gasteiger partial charge in [0.15, 0.2) is 0 Å². The first kappa shape index (κ1) is 12.7. The molecule has 0 radical (unpaired) electrons. The molecule has 0 saturated carbocycles. The summed E-state index contributed by atoms with van der Waals surface area (Å²) in [5.41, 5.74) is 0. The van der Waals surface area contributed by atoms with Crippen molar-refractivity contribution in [1.82, 2.24) is 0 Å². The van der Waals surface area contributed by atoms with Crippen molar-refractivity contribution in [3.63, 3.8) is 0 Å². The minimum absolute atomic E-state index is 0. The summed E-state index contributed by atoms with van der Waals surface area (Å²) in [6.45, 7) is 2.06. The van der Waals surface area contributed by atoms with E-state index < -0.39 is 0 Å². The molecule has 0 aromatic carbocycles. The second-order valence-electron chi connectivity index (χ2n) is 0.766. The maximum Gasteiger partial charge on any atom is 1.00 e. The van der Waals surface area contributed by atoms with Gasteiger partial charge in [-0.25, -0.2) is 0 Å². The van der Waals surface area contributed by atoms with E-state index in [-0.39, 0.29) is 29.6 Å². The van der Waals surface area contributed by atoms with E-state index in [2.05, 4.69) is 18.1 Å². The molecular formula is C3H5NaS4. The third kappa shape index (κ3) is 8.01. The van der Waals surface area contributed by atoms with Gasteiger partial charge in [-0.1, -0.05) is 10.5 Å². The minimum atomic E-state index is 0. The van der Waals surface area contributed by atoms with Crippen molar-refractivity contribution in [2.45, 2.75) is 6.92 Å². The molecule has 5 heteroatoms. The molecule has 0 aromatic heterocycles. The largest absolute Gasteiger partial charge is 1.00 e. The van der Waals surface area contributed by atoms with Gasteiger partial charge in [-0.15, -0.1) is 24.0 Å².